The number of carbonyl (C=O) groups excluding carboxylic acids is 2. The number of thiophene rings is 1. The fourth-order valence-corrected chi connectivity index (χ4v) is 5.56. The molecule has 2 aromatic rings. The molecule has 2 N–H and O–H groups in total. The summed E-state index contributed by atoms with van der Waals surface area (Å²) in [6.07, 6.45) is 4.12. The lowest BCUT2D eigenvalue weighted by Gasteiger charge is -2.16. The Morgan fingerprint density at radius 3 is 2.83 bits per heavy atom. The molecule has 29 heavy (non-hydrogen) atoms. The zero-order chi connectivity index (χ0) is 21.0. The number of nitrogens with zero attached hydrogens (tertiary/aromatic N) is 2. The molecule has 0 bridgehead atoms. The minimum atomic E-state index is -0.592. The van der Waals surface area contributed by atoms with E-state index in [0.717, 1.165) is 36.1 Å². The fraction of sp³-hybridized carbons (Fsp3) is 0.579. The molecule has 0 aromatic carbocycles. The highest BCUT2D eigenvalue weighted by Gasteiger charge is 2.24. The van der Waals surface area contributed by atoms with Gasteiger partial charge in [-0.2, -0.15) is 0 Å². The minimum Gasteiger partial charge on any atom is -0.383 e. The first kappa shape index (κ1) is 21.8. The van der Waals surface area contributed by atoms with E-state index in [1.165, 1.54) is 16.6 Å². The van der Waals surface area contributed by atoms with Crippen molar-refractivity contribution in [3.05, 3.63) is 20.8 Å². The van der Waals surface area contributed by atoms with Crippen LogP contribution in [0, 0.1) is 0 Å². The number of fused-ring (bicyclic) bond motifs is 3. The number of aromatic nitrogens is 2. The Morgan fingerprint density at radius 2 is 2.10 bits per heavy atom. The third-order valence-electron chi connectivity index (χ3n) is 4.78. The van der Waals surface area contributed by atoms with E-state index < -0.39 is 17.2 Å². The summed E-state index contributed by atoms with van der Waals surface area (Å²) in [6, 6.07) is -0.531. The van der Waals surface area contributed by atoms with Gasteiger partial charge < -0.3 is 10.1 Å². The van der Waals surface area contributed by atoms with Crippen LogP contribution in [-0.2, 0) is 28.9 Å². The van der Waals surface area contributed by atoms with E-state index in [9.17, 15) is 14.4 Å². The Morgan fingerprint density at radius 1 is 1.34 bits per heavy atom. The number of aryl methyl sites for hydroxylation is 2. The molecule has 8 nitrogen and oxygen atoms in total. The Balaban J connectivity index is 1.94. The van der Waals surface area contributed by atoms with Gasteiger partial charge in [0, 0.05) is 18.5 Å². The van der Waals surface area contributed by atoms with Crippen LogP contribution in [0.1, 0.15) is 37.1 Å². The highest BCUT2D eigenvalue weighted by Crippen LogP contribution is 2.35. The molecule has 3 amide bonds. The van der Waals surface area contributed by atoms with Crippen molar-refractivity contribution >= 4 is 45.3 Å². The van der Waals surface area contributed by atoms with Crippen molar-refractivity contribution in [2.24, 2.45) is 0 Å². The second-order valence-electron chi connectivity index (χ2n) is 6.84. The van der Waals surface area contributed by atoms with Crippen LogP contribution in [0.15, 0.2) is 9.95 Å². The molecule has 1 atom stereocenters. The molecule has 158 valence electrons. The third-order valence-corrected chi connectivity index (χ3v) is 7.06. The van der Waals surface area contributed by atoms with Gasteiger partial charge in [0.25, 0.3) is 5.56 Å². The molecule has 1 aliphatic rings. The Hall–Kier alpha value is -1.91. The Bertz CT molecular complexity index is 969. The number of methoxy groups -OCH3 is 1. The Kier molecular flexibility index (Phi) is 7.31. The number of ether oxygens (including phenoxy) is 1. The molecule has 1 unspecified atom stereocenters. The van der Waals surface area contributed by atoms with E-state index in [1.807, 2.05) is 0 Å². The highest BCUT2D eigenvalue weighted by molar-refractivity contribution is 8.00. The standard InChI is InChI=1S/C19H26N4O4S2/c1-4-20-18(26)21-15(24)11(2)28-19-22-16-14(17(25)23(19)9-10-27-3)12-7-5-6-8-13(12)29-16/h11H,4-10H2,1-3H3,(H2,20,21,24,26). The quantitative estimate of drug-likeness (QED) is 0.508. The molecule has 10 heteroatoms. The number of nitrogens with one attached hydrogen (secondary N) is 2. The average molecular weight is 439 g/mol. The van der Waals surface area contributed by atoms with Crippen molar-refractivity contribution in [2.45, 2.75) is 56.5 Å². The second-order valence-corrected chi connectivity index (χ2v) is 9.24. The van der Waals surface area contributed by atoms with Crippen molar-refractivity contribution in [3.63, 3.8) is 0 Å². The monoisotopic (exact) mass is 438 g/mol. The first-order valence-electron chi connectivity index (χ1n) is 9.75. The van der Waals surface area contributed by atoms with Crippen LogP contribution < -0.4 is 16.2 Å². The van der Waals surface area contributed by atoms with Gasteiger partial charge in [-0.3, -0.25) is 19.5 Å². The van der Waals surface area contributed by atoms with E-state index in [4.69, 9.17) is 9.72 Å². The zero-order valence-electron chi connectivity index (χ0n) is 16.9. The first-order valence-corrected chi connectivity index (χ1v) is 11.4. The van der Waals surface area contributed by atoms with E-state index in [0.29, 0.717) is 30.2 Å². The lowest BCUT2D eigenvalue weighted by Crippen LogP contribution is -2.42. The van der Waals surface area contributed by atoms with Crippen molar-refractivity contribution in [2.75, 3.05) is 20.3 Å². The fourth-order valence-electron chi connectivity index (χ4n) is 3.32. The van der Waals surface area contributed by atoms with Gasteiger partial charge >= 0.3 is 6.03 Å². The molecular weight excluding hydrogens is 412 g/mol. The average Bonchev–Trinajstić information content (AvgIpc) is 3.06. The van der Waals surface area contributed by atoms with Gasteiger partial charge in [0.2, 0.25) is 5.91 Å². The van der Waals surface area contributed by atoms with E-state index in [2.05, 4.69) is 10.6 Å². The summed E-state index contributed by atoms with van der Waals surface area (Å²) >= 11 is 2.75. The molecule has 0 aliphatic heterocycles. The van der Waals surface area contributed by atoms with Crippen LogP contribution in [0.25, 0.3) is 10.2 Å². The molecule has 2 aromatic heterocycles. The number of carbonyl (C=O) groups is 2. The van der Waals surface area contributed by atoms with Crippen LogP contribution in [0.5, 0.6) is 0 Å². The predicted molar refractivity (Wildman–Crippen MR) is 115 cm³/mol. The molecular formula is C19H26N4O4S2. The van der Waals surface area contributed by atoms with Gasteiger partial charge in [-0.15, -0.1) is 11.3 Å². The van der Waals surface area contributed by atoms with Crippen molar-refractivity contribution < 1.29 is 14.3 Å². The number of hydrogen-bond donors (Lipinski definition) is 2. The van der Waals surface area contributed by atoms with Crippen LogP contribution in [0.2, 0.25) is 0 Å². The number of amides is 3. The molecule has 0 fully saturated rings. The summed E-state index contributed by atoms with van der Waals surface area (Å²) in [4.78, 5) is 44.0. The lowest BCUT2D eigenvalue weighted by atomic mass is 9.97. The topological polar surface area (TPSA) is 102 Å². The lowest BCUT2D eigenvalue weighted by molar-refractivity contribution is -0.119. The normalized spacial score (nSPS) is 14.4. The number of thioether (sulfide) groups is 1. The van der Waals surface area contributed by atoms with E-state index in [-0.39, 0.29) is 5.56 Å². The molecule has 1 aliphatic carbocycles. The van der Waals surface area contributed by atoms with Crippen molar-refractivity contribution in [1.29, 1.82) is 0 Å². The number of urea groups is 1. The molecule has 0 radical (unpaired) electrons. The van der Waals surface area contributed by atoms with Gasteiger partial charge in [-0.25, -0.2) is 9.78 Å². The molecule has 2 heterocycles. The van der Waals surface area contributed by atoms with Crippen molar-refractivity contribution in [3.8, 4) is 0 Å². The van der Waals surface area contributed by atoms with E-state index >= 15 is 0 Å². The van der Waals surface area contributed by atoms with Gasteiger partial charge in [-0.1, -0.05) is 11.8 Å². The first-order chi connectivity index (χ1) is 14.0. The zero-order valence-corrected chi connectivity index (χ0v) is 18.5. The van der Waals surface area contributed by atoms with Gasteiger partial charge in [0.1, 0.15) is 4.83 Å². The molecule has 0 spiro atoms. The molecule has 0 saturated carbocycles. The second kappa shape index (κ2) is 9.73. The van der Waals surface area contributed by atoms with Gasteiger partial charge in [0.15, 0.2) is 5.16 Å². The van der Waals surface area contributed by atoms with Crippen LogP contribution in [-0.4, -0.2) is 47.0 Å². The molecule has 0 saturated heterocycles. The smallest absolute Gasteiger partial charge is 0.321 e. The summed E-state index contributed by atoms with van der Waals surface area (Å²) in [5.74, 6) is -0.431. The van der Waals surface area contributed by atoms with E-state index in [1.54, 1.807) is 36.9 Å². The minimum absolute atomic E-state index is 0.0784. The summed E-state index contributed by atoms with van der Waals surface area (Å²) in [5.41, 5.74) is 1.06. The number of rotatable bonds is 7. The van der Waals surface area contributed by atoms with Crippen LogP contribution >= 0.6 is 23.1 Å². The number of hydrogen-bond acceptors (Lipinski definition) is 7. The van der Waals surface area contributed by atoms with Gasteiger partial charge in [0.05, 0.1) is 23.8 Å². The van der Waals surface area contributed by atoms with Crippen molar-refractivity contribution in [1.82, 2.24) is 20.2 Å². The number of imide groups is 1. The van der Waals surface area contributed by atoms with Gasteiger partial charge in [-0.05, 0) is 45.1 Å². The largest absolute Gasteiger partial charge is 0.383 e. The summed E-state index contributed by atoms with van der Waals surface area (Å²) in [7, 11) is 1.58. The van der Waals surface area contributed by atoms with Crippen LogP contribution in [0.4, 0.5) is 4.79 Å². The Labute approximate surface area is 177 Å². The molecule has 3 rings (SSSR count). The maximum atomic E-state index is 13.3. The SMILES string of the molecule is CCNC(=O)NC(=O)C(C)Sc1nc2sc3c(c2c(=O)n1CCOC)CCCC3. The summed E-state index contributed by atoms with van der Waals surface area (Å²) < 4.78 is 6.76. The summed E-state index contributed by atoms with van der Waals surface area (Å²) in [6.45, 7) is 4.62. The maximum absolute atomic E-state index is 13.3. The third kappa shape index (κ3) is 4.81. The summed E-state index contributed by atoms with van der Waals surface area (Å²) in [5, 5.41) is 5.43. The highest BCUT2D eigenvalue weighted by atomic mass is 32.2. The maximum Gasteiger partial charge on any atom is 0.321 e. The predicted octanol–water partition coefficient (Wildman–Crippen LogP) is 2.31. The van der Waals surface area contributed by atoms with Crippen LogP contribution in [0.3, 0.4) is 0 Å².